The number of aromatic nitrogens is 3. The number of nitrogens with one attached hydrogen (secondary N) is 1. The molecule has 1 aromatic heterocycles. The van der Waals surface area contributed by atoms with Gasteiger partial charge in [-0.15, -0.1) is 0 Å². The first-order valence-corrected chi connectivity index (χ1v) is 6.23. The summed E-state index contributed by atoms with van der Waals surface area (Å²) in [5.74, 6) is 1.14. The number of hydrogen-bond donors (Lipinski definition) is 2. The molecule has 0 atom stereocenters. The SMILES string of the molecule is CC(C)(C)n1c(Cc2cccc(O)c2)n[nH]c1=S. The van der Waals surface area contributed by atoms with Crippen molar-refractivity contribution in [2.45, 2.75) is 32.7 Å². The second-order valence-electron chi connectivity index (χ2n) is 5.30. The molecule has 2 N–H and O–H groups in total. The third-order valence-corrected chi connectivity index (χ3v) is 2.96. The summed E-state index contributed by atoms with van der Waals surface area (Å²) >= 11 is 5.26. The van der Waals surface area contributed by atoms with Crippen LogP contribution in [0.2, 0.25) is 0 Å². The number of benzene rings is 1. The van der Waals surface area contributed by atoms with Crippen LogP contribution in [0, 0.1) is 4.77 Å². The Balaban J connectivity index is 2.39. The number of aromatic amines is 1. The van der Waals surface area contributed by atoms with Crippen LogP contribution >= 0.6 is 12.2 Å². The minimum absolute atomic E-state index is 0.115. The van der Waals surface area contributed by atoms with Crippen molar-refractivity contribution in [1.82, 2.24) is 14.8 Å². The molecule has 0 saturated heterocycles. The van der Waals surface area contributed by atoms with Gasteiger partial charge in [-0.1, -0.05) is 12.1 Å². The molecular formula is C13H17N3OS. The van der Waals surface area contributed by atoms with Gasteiger partial charge in [0.05, 0.1) is 0 Å². The monoisotopic (exact) mass is 263 g/mol. The van der Waals surface area contributed by atoms with Crippen LogP contribution in [0.3, 0.4) is 0 Å². The fourth-order valence-corrected chi connectivity index (χ4v) is 2.41. The Kier molecular flexibility index (Phi) is 3.26. The molecule has 1 aromatic carbocycles. The Labute approximate surface area is 111 Å². The number of hydrogen-bond acceptors (Lipinski definition) is 3. The fraction of sp³-hybridized carbons (Fsp3) is 0.385. The average molecular weight is 263 g/mol. The van der Waals surface area contributed by atoms with Crippen molar-refractivity contribution >= 4 is 12.2 Å². The Morgan fingerprint density at radius 3 is 2.72 bits per heavy atom. The zero-order chi connectivity index (χ0) is 13.3. The summed E-state index contributed by atoms with van der Waals surface area (Å²) in [6, 6.07) is 7.19. The van der Waals surface area contributed by atoms with Crippen LogP contribution in [0.15, 0.2) is 24.3 Å². The highest BCUT2D eigenvalue weighted by atomic mass is 32.1. The summed E-state index contributed by atoms with van der Waals surface area (Å²) in [6.45, 7) is 6.26. The van der Waals surface area contributed by atoms with Gasteiger partial charge in [-0.2, -0.15) is 5.10 Å². The summed E-state index contributed by atoms with van der Waals surface area (Å²) < 4.78 is 2.63. The van der Waals surface area contributed by atoms with Crippen molar-refractivity contribution in [1.29, 1.82) is 0 Å². The molecular weight excluding hydrogens is 246 g/mol. The molecule has 0 amide bonds. The molecule has 1 heterocycles. The van der Waals surface area contributed by atoms with E-state index in [1.165, 1.54) is 0 Å². The second-order valence-corrected chi connectivity index (χ2v) is 5.68. The number of H-pyrrole nitrogens is 1. The molecule has 18 heavy (non-hydrogen) atoms. The molecule has 2 rings (SSSR count). The van der Waals surface area contributed by atoms with Crippen LogP contribution < -0.4 is 0 Å². The van der Waals surface area contributed by atoms with Crippen molar-refractivity contribution in [3.05, 3.63) is 40.4 Å². The molecule has 0 unspecified atom stereocenters. The summed E-state index contributed by atoms with van der Waals surface area (Å²) in [4.78, 5) is 0. The topological polar surface area (TPSA) is 53.8 Å². The summed E-state index contributed by atoms with van der Waals surface area (Å²) in [7, 11) is 0. The van der Waals surface area contributed by atoms with Gasteiger partial charge in [0.2, 0.25) is 0 Å². The van der Waals surface area contributed by atoms with Crippen LogP contribution in [0.25, 0.3) is 0 Å². The van der Waals surface area contributed by atoms with Crippen molar-refractivity contribution in [2.75, 3.05) is 0 Å². The molecule has 0 aliphatic rings. The molecule has 5 heteroatoms. The predicted molar refractivity (Wildman–Crippen MR) is 73.3 cm³/mol. The largest absolute Gasteiger partial charge is 0.508 e. The molecule has 0 fully saturated rings. The number of rotatable bonds is 2. The van der Waals surface area contributed by atoms with Crippen LogP contribution in [0.4, 0.5) is 0 Å². The van der Waals surface area contributed by atoms with Crippen LogP contribution in [-0.4, -0.2) is 19.9 Å². The third kappa shape index (κ3) is 2.61. The Hall–Kier alpha value is -1.62. The van der Waals surface area contributed by atoms with Gasteiger partial charge in [-0.05, 0) is 50.7 Å². The molecule has 96 valence electrons. The average Bonchev–Trinajstić information content (AvgIpc) is 2.59. The van der Waals surface area contributed by atoms with E-state index < -0.39 is 0 Å². The van der Waals surface area contributed by atoms with Gasteiger partial charge < -0.3 is 5.11 Å². The van der Waals surface area contributed by atoms with E-state index in [2.05, 4.69) is 31.0 Å². The van der Waals surface area contributed by atoms with E-state index in [-0.39, 0.29) is 11.3 Å². The quantitative estimate of drug-likeness (QED) is 0.819. The molecule has 2 aromatic rings. The molecule has 0 radical (unpaired) electrons. The summed E-state index contributed by atoms with van der Waals surface area (Å²) in [6.07, 6.45) is 0.638. The molecule has 0 saturated carbocycles. The van der Waals surface area contributed by atoms with Gasteiger partial charge in [0.15, 0.2) is 4.77 Å². The lowest BCUT2D eigenvalue weighted by molar-refractivity contribution is 0.380. The minimum Gasteiger partial charge on any atom is -0.508 e. The molecule has 0 aliphatic carbocycles. The van der Waals surface area contributed by atoms with Gasteiger partial charge in [-0.25, -0.2) is 0 Å². The maximum atomic E-state index is 9.47. The van der Waals surface area contributed by atoms with E-state index in [0.717, 1.165) is 11.4 Å². The first-order chi connectivity index (χ1) is 8.38. The zero-order valence-corrected chi connectivity index (χ0v) is 11.6. The first kappa shape index (κ1) is 12.8. The van der Waals surface area contributed by atoms with E-state index in [1.54, 1.807) is 12.1 Å². The smallest absolute Gasteiger partial charge is 0.195 e. The summed E-state index contributed by atoms with van der Waals surface area (Å²) in [5, 5.41) is 16.6. The molecule has 4 nitrogen and oxygen atoms in total. The number of phenolic OH excluding ortho intramolecular Hbond substituents is 1. The molecule has 0 bridgehead atoms. The van der Waals surface area contributed by atoms with E-state index in [9.17, 15) is 5.11 Å². The lowest BCUT2D eigenvalue weighted by Crippen LogP contribution is -2.24. The van der Waals surface area contributed by atoms with Crippen LogP contribution in [0.1, 0.15) is 32.2 Å². The number of nitrogens with zero attached hydrogens (tertiary/aromatic N) is 2. The second kappa shape index (κ2) is 4.57. The maximum Gasteiger partial charge on any atom is 0.195 e. The van der Waals surface area contributed by atoms with Gasteiger partial charge in [-0.3, -0.25) is 9.67 Å². The highest BCUT2D eigenvalue weighted by Crippen LogP contribution is 2.20. The first-order valence-electron chi connectivity index (χ1n) is 5.82. The van der Waals surface area contributed by atoms with Crippen LogP contribution in [0.5, 0.6) is 5.75 Å². The Morgan fingerprint density at radius 2 is 2.11 bits per heavy atom. The Morgan fingerprint density at radius 1 is 1.39 bits per heavy atom. The maximum absolute atomic E-state index is 9.47. The predicted octanol–water partition coefficient (Wildman–Crippen LogP) is 2.99. The molecule has 0 aliphatic heterocycles. The van der Waals surface area contributed by atoms with E-state index in [4.69, 9.17) is 12.2 Å². The fourth-order valence-electron chi connectivity index (χ4n) is 1.99. The van der Waals surface area contributed by atoms with Gasteiger partial charge in [0.25, 0.3) is 0 Å². The normalized spacial score (nSPS) is 11.7. The van der Waals surface area contributed by atoms with Crippen molar-refractivity contribution in [3.8, 4) is 5.75 Å². The van der Waals surface area contributed by atoms with E-state index in [0.29, 0.717) is 11.2 Å². The lowest BCUT2D eigenvalue weighted by atomic mass is 10.1. The van der Waals surface area contributed by atoms with E-state index in [1.807, 2.05) is 16.7 Å². The van der Waals surface area contributed by atoms with Crippen LogP contribution in [-0.2, 0) is 12.0 Å². The highest BCUT2D eigenvalue weighted by Gasteiger charge is 2.19. The Bertz CT molecular complexity index is 607. The van der Waals surface area contributed by atoms with Gasteiger partial charge in [0.1, 0.15) is 11.6 Å². The van der Waals surface area contributed by atoms with Crippen molar-refractivity contribution in [3.63, 3.8) is 0 Å². The number of aromatic hydroxyl groups is 1. The zero-order valence-electron chi connectivity index (χ0n) is 10.8. The standard InChI is InChI=1S/C13H17N3OS/c1-13(2,3)16-11(14-15-12(16)18)8-9-5-4-6-10(17)7-9/h4-7,17H,8H2,1-3H3,(H,15,18). The van der Waals surface area contributed by atoms with Crippen molar-refractivity contribution in [2.24, 2.45) is 0 Å². The molecule has 0 spiro atoms. The lowest BCUT2D eigenvalue weighted by Gasteiger charge is -2.22. The van der Waals surface area contributed by atoms with E-state index >= 15 is 0 Å². The third-order valence-electron chi connectivity index (χ3n) is 2.69. The highest BCUT2D eigenvalue weighted by molar-refractivity contribution is 7.71. The number of phenols is 1. The van der Waals surface area contributed by atoms with Gasteiger partial charge >= 0.3 is 0 Å². The van der Waals surface area contributed by atoms with Crippen molar-refractivity contribution < 1.29 is 5.11 Å². The summed E-state index contributed by atoms with van der Waals surface area (Å²) in [5.41, 5.74) is 0.894. The van der Waals surface area contributed by atoms with Gasteiger partial charge in [0, 0.05) is 12.0 Å². The minimum atomic E-state index is -0.115.